The number of carbonyl (C=O) groups excluding carboxylic acids is 1. The zero-order chi connectivity index (χ0) is 10.8. The van der Waals surface area contributed by atoms with Gasteiger partial charge in [0.05, 0.1) is 0 Å². The molecule has 0 saturated heterocycles. The average molecular weight is 209 g/mol. The summed E-state index contributed by atoms with van der Waals surface area (Å²) < 4.78 is 28.5. The summed E-state index contributed by atoms with van der Waals surface area (Å²) in [6.07, 6.45) is -0.274. The van der Waals surface area contributed by atoms with Crippen LogP contribution in [0.5, 0.6) is 0 Å². The molecule has 0 rings (SSSR count). The van der Waals surface area contributed by atoms with E-state index in [1.54, 1.807) is 0 Å². The highest BCUT2D eigenvalue weighted by atomic mass is 19.3. The fourth-order valence-corrected chi connectivity index (χ4v) is 0.811. The van der Waals surface area contributed by atoms with Gasteiger partial charge in [0.25, 0.3) is 5.91 Å². The van der Waals surface area contributed by atoms with Crippen LogP contribution in [0.3, 0.4) is 0 Å². The van der Waals surface area contributed by atoms with Gasteiger partial charge in [-0.15, -0.1) is 0 Å². The minimum atomic E-state index is -2.92. The van der Waals surface area contributed by atoms with Crippen molar-refractivity contribution >= 4 is 5.91 Å². The Bertz CT molecular complexity index is 154. The van der Waals surface area contributed by atoms with E-state index in [-0.39, 0.29) is 6.54 Å². The number of hydrogen-bond acceptors (Lipinski definition) is 2. The Morgan fingerprint density at radius 1 is 1.36 bits per heavy atom. The van der Waals surface area contributed by atoms with Gasteiger partial charge in [0.2, 0.25) is 0 Å². The summed E-state index contributed by atoms with van der Waals surface area (Å²) in [5.74, 6) is -1.21. The first-order valence-electron chi connectivity index (χ1n) is 4.82. The summed E-state index contributed by atoms with van der Waals surface area (Å²) in [5.41, 5.74) is 0. The second kappa shape index (κ2) is 8.87. The van der Waals surface area contributed by atoms with Crippen molar-refractivity contribution in [2.75, 3.05) is 19.8 Å². The van der Waals surface area contributed by atoms with Crippen LogP contribution in [-0.2, 0) is 9.53 Å². The molecular weight excluding hydrogens is 192 g/mol. The van der Waals surface area contributed by atoms with Crippen molar-refractivity contribution in [3.63, 3.8) is 0 Å². The Labute approximate surface area is 82.8 Å². The lowest BCUT2D eigenvalue weighted by Gasteiger charge is -2.04. The van der Waals surface area contributed by atoms with Crippen molar-refractivity contribution in [2.45, 2.75) is 32.6 Å². The quantitative estimate of drug-likeness (QED) is 0.616. The van der Waals surface area contributed by atoms with Crippen LogP contribution < -0.4 is 5.32 Å². The van der Waals surface area contributed by atoms with Gasteiger partial charge in [0.1, 0.15) is 0 Å². The highest BCUT2D eigenvalue weighted by Crippen LogP contribution is 1.92. The SMILES string of the molecule is CCCCOCCCNC(=O)C(F)F. The van der Waals surface area contributed by atoms with Gasteiger partial charge in [-0.1, -0.05) is 13.3 Å². The molecule has 0 aromatic carbocycles. The summed E-state index contributed by atoms with van der Waals surface area (Å²) in [4.78, 5) is 10.4. The van der Waals surface area contributed by atoms with E-state index in [0.29, 0.717) is 19.6 Å². The molecule has 0 aromatic rings. The number of hydrogen-bond donors (Lipinski definition) is 1. The van der Waals surface area contributed by atoms with Crippen molar-refractivity contribution in [3.8, 4) is 0 Å². The Morgan fingerprint density at radius 2 is 2.00 bits per heavy atom. The monoisotopic (exact) mass is 209 g/mol. The Hall–Kier alpha value is -0.710. The van der Waals surface area contributed by atoms with Gasteiger partial charge in [-0.05, 0) is 12.8 Å². The van der Waals surface area contributed by atoms with Crippen LogP contribution >= 0.6 is 0 Å². The first-order valence-corrected chi connectivity index (χ1v) is 4.82. The van der Waals surface area contributed by atoms with Crippen LogP contribution in [0.4, 0.5) is 8.78 Å². The minimum Gasteiger partial charge on any atom is -0.381 e. The lowest BCUT2D eigenvalue weighted by Crippen LogP contribution is -2.30. The molecule has 14 heavy (non-hydrogen) atoms. The number of halogens is 2. The van der Waals surface area contributed by atoms with Gasteiger partial charge in [0, 0.05) is 19.8 Å². The van der Waals surface area contributed by atoms with Crippen LogP contribution in [0.2, 0.25) is 0 Å². The number of carbonyl (C=O) groups is 1. The van der Waals surface area contributed by atoms with Gasteiger partial charge < -0.3 is 10.1 Å². The lowest BCUT2D eigenvalue weighted by atomic mass is 10.3. The summed E-state index contributed by atoms with van der Waals surface area (Å²) in [6, 6.07) is 0. The number of ether oxygens (including phenoxy) is 1. The Balaban J connectivity index is 3.10. The Morgan fingerprint density at radius 3 is 2.57 bits per heavy atom. The van der Waals surface area contributed by atoms with Crippen LogP contribution in [0.1, 0.15) is 26.2 Å². The van der Waals surface area contributed by atoms with E-state index in [1.807, 2.05) is 0 Å². The van der Waals surface area contributed by atoms with Crippen LogP contribution in [0.25, 0.3) is 0 Å². The number of nitrogens with one attached hydrogen (secondary N) is 1. The van der Waals surface area contributed by atoms with Crippen LogP contribution in [0, 0.1) is 0 Å². The average Bonchev–Trinajstić information content (AvgIpc) is 2.16. The van der Waals surface area contributed by atoms with E-state index in [1.165, 1.54) is 0 Å². The molecule has 0 bridgehead atoms. The second-order valence-electron chi connectivity index (χ2n) is 2.91. The molecule has 0 aliphatic heterocycles. The fraction of sp³-hybridized carbons (Fsp3) is 0.889. The summed E-state index contributed by atoms with van der Waals surface area (Å²) >= 11 is 0. The molecule has 0 aliphatic carbocycles. The third-order valence-corrected chi connectivity index (χ3v) is 1.61. The van der Waals surface area contributed by atoms with Gasteiger partial charge in [-0.3, -0.25) is 4.79 Å². The Kier molecular flexibility index (Phi) is 8.42. The molecule has 0 saturated carbocycles. The predicted molar refractivity (Wildman–Crippen MR) is 49.4 cm³/mol. The van der Waals surface area contributed by atoms with Crippen molar-refractivity contribution in [3.05, 3.63) is 0 Å². The van der Waals surface area contributed by atoms with Gasteiger partial charge in [0.15, 0.2) is 0 Å². The van der Waals surface area contributed by atoms with Crippen LogP contribution in [-0.4, -0.2) is 32.1 Å². The molecule has 0 atom stereocenters. The van der Waals surface area contributed by atoms with Crippen LogP contribution in [0.15, 0.2) is 0 Å². The predicted octanol–water partition coefficient (Wildman–Crippen LogP) is 1.57. The van der Waals surface area contributed by atoms with Crippen molar-refractivity contribution < 1.29 is 18.3 Å². The second-order valence-corrected chi connectivity index (χ2v) is 2.91. The number of alkyl halides is 2. The standard InChI is InChI=1S/C9H17F2NO2/c1-2-3-6-14-7-4-5-12-9(13)8(10)11/h8H,2-7H2,1H3,(H,12,13). The summed E-state index contributed by atoms with van der Waals surface area (Å²) in [6.45, 7) is 3.50. The first kappa shape index (κ1) is 13.3. The first-order chi connectivity index (χ1) is 6.68. The maximum absolute atomic E-state index is 11.7. The van der Waals surface area contributed by atoms with Crippen molar-refractivity contribution in [1.29, 1.82) is 0 Å². The number of amides is 1. The zero-order valence-electron chi connectivity index (χ0n) is 8.39. The smallest absolute Gasteiger partial charge is 0.315 e. The molecule has 0 fully saturated rings. The molecule has 0 aliphatic rings. The summed E-state index contributed by atoms with van der Waals surface area (Å²) in [5, 5.41) is 2.10. The van der Waals surface area contributed by atoms with E-state index in [2.05, 4.69) is 12.2 Å². The van der Waals surface area contributed by atoms with E-state index in [4.69, 9.17) is 4.74 Å². The maximum atomic E-state index is 11.7. The van der Waals surface area contributed by atoms with E-state index >= 15 is 0 Å². The molecule has 1 N–H and O–H groups in total. The van der Waals surface area contributed by atoms with E-state index in [0.717, 1.165) is 12.8 Å². The normalized spacial score (nSPS) is 10.6. The largest absolute Gasteiger partial charge is 0.381 e. The highest BCUT2D eigenvalue weighted by Gasteiger charge is 2.13. The van der Waals surface area contributed by atoms with Crippen molar-refractivity contribution in [2.24, 2.45) is 0 Å². The topological polar surface area (TPSA) is 38.3 Å². The molecule has 5 heteroatoms. The minimum absolute atomic E-state index is 0.245. The number of unbranched alkanes of at least 4 members (excludes halogenated alkanes) is 1. The molecule has 1 amide bonds. The zero-order valence-corrected chi connectivity index (χ0v) is 8.39. The van der Waals surface area contributed by atoms with E-state index < -0.39 is 12.3 Å². The molecular formula is C9H17F2NO2. The molecule has 0 aromatic heterocycles. The third-order valence-electron chi connectivity index (χ3n) is 1.61. The molecule has 84 valence electrons. The molecule has 0 radical (unpaired) electrons. The highest BCUT2D eigenvalue weighted by molar-refractivity contribution is 5.78. The van der Waals surface area contributed by atoms with Gasteiger partial charge in [-0.2, -0.15) is 8.78 Å². The molecule has 3 nitrogen and oxygen atoms in total. The maximum Gasteiger partial charge on any atom is 0.315 e. The molecule has 0 unspecified atom stereocenters. The van der Waals surface area contributed by atoms with Gasteiger partial charge >= 0.3 is 6.43 Å². The number of rotatable bonds is 8. The third kappa shape index (κ3) is 7.91. The van der Waals surface area contributed by atoms with E-state index in [9.17, 15) is 13.6 Å². The van der Waals surface area contributed by atoms with Crippen molar-refractivity contribution in [1.82, 2.24) is 5.32 Å². The lowest BCUT2D eigenvalue weighted by molar-refractivity contribution is -0.131. The molecule has 0 heterocycles. The summed E-state index contributed by atoms with van der Waals surface area (Å²) in [7, 11) is 0. The van der Waals surface area contributed by atoms with Gasteiger partial charge in [-0.25, -0.2) is 0 Å². The fourth-order valence-electron chi connectivity index (χ4n) is 0.811. The molecule has 0 spiro atoms.